The van der Waals surface area contributed by atoms with Crippen molar-refractivity contribution >= 4 is 21.7 Å². The molecule has 14 heavy (non-hydrogen) atoms. The minimum absolute atomic E-state index is 0.0666. The molecule has 0 aliphatic carbocycles. The zero-order valence-electron chi connectivity index (χ0n) is 8.54. The minimum atomic E-state index is -0.0666. The Morgan fingerprint density at radius 3 is 2.64 bits per heavy atom. The van der Waals surface area contributed by atoms with E-state index in [1.54, 1.807) is 17.8 Å². The lowest BCUT2D eigenvalue weighted by Crippen LogP contribution is -2.13. The van der Waals surface area contributed by atoms with Gasteiger partial charge >= 0.3 is 0 Å². The summed E-state index contributed by atoms with van der Waals surface area (Å²) in [6.45, 7) is 9.30. The second kappa shape index (κ2) is 4.09. The van der Waals surface area contributed by atoms with Gasteiger partial charge in [0.15, 0.2) is 0 Å². The van der Waals surface area contributed by atoms with E-state index in [2.05, 4.69) is 27.6 Å². The van der Waals surface area contributed by atoms with Gasteiger partial charge in [-0.15, -0.1) is 0 Å². The van der Waals surface area contributed by atoms with E-state index in [0.29, 0.717) is 11.3 Å². The SMILES string of the molecule is C=C(C)C(=O)c1c(Br)cnn1C(C)C. The zero-order valence-corrected chi connectivity index (χ0v) is 10.1. The van der Waals surface area contributed by atoms with E-state index in [1.165, 1.54) is 0 Å². The van der Waals surface area contributed by atoms with Crippen molar-refractivity contribution in [2.24, 2.45) is 0 Å². The second-order valence-corrected chi connectivity index (χ2v) is 4.34. The first-order valence-corrected chi connectivity index (χ1v) is 5.17. The molecule has 0 aromatic carbocycles. The number of hydrogen-bond acceptors (Lipinski definition) is 2. The number of allylic oxidation sites excluding steroid dienone is 1. The van der Waals surface area contributed by atoms with E-state index >= 15 is 0 Å². The van der Waals surface area contributed by atoms with Crippen molar-refractivity contribution in [3.63, 3.8) is 0 Å². The molecular weight excluding hydrogens is 244 g/mol. The molecule has 1 aromatic rings. The van der Waals surface area contributed by atoms with Crippen molar-refractivity contribution in [3.8, 4) is 0 Å². The van der Waals surface area contributed by atoms with E-state index in [1.807, 2.05) is 13.8 Å². The largest absolute Gasteiger partial charge is 0.287 e. The average molecular weight is 257 g/mol. The Labute approximate surface area is 91.9 Å². The topological polar surface area (TPSA) is 34.9 Å². The summed E-state index contributed by atoms with van der Waals surface area (Å²) >= 11 is 3.31. The molecule has 0 amide bonds. The highest BCUT2D eigenvalue weighted by molar-refractivity contribution is 9.10. The van der Waals surface area contributed by atoms with Crippen LogP contribution in [0.4, 0.5) is 0 Å². The summed E-state index contributed by atoms with van der Waals surface area (Å²) in [5.74, 6) is -0.0666. The molecule has 0 aliphatic rings. The van der Waals surface area contributed by atoms with E-state index < -0.39 is 0 Å². The maximum atomic E-state index is 11.8. The summed E-state index contributed by atoms with van der Waals surface area (Å²) in [6.07, 6.45) is 1.64. The third-order valence-electron chi connectivity index (χ3n) is 1.84. The lowest BCUT2D eigenvalue weighted by molar-refractivity contribution is 0.102. The summed E-state index contributed by atoms with van der Waals surface area (Å²) in [7, 11) is 0. The average Bonchev–Trinajstić information content (AvgIpc) is 2.45. The molecule has 0 atom stereocenters. The molecule has 1 rings (SSSR count). The third kappa shape index (κ3) is 1.95. The maximum Gasteiger partial charge on any atom is 0.207 e. The molecular formula is C10H13BrN2O. The molecule has 0 saturated heterocycles. The Morgan fingerprint density at radius 1 is 1.64 bits per heavy atom. The molecule has 0 fully saturated rings. The molecule has 0 unspecified atom stereocenters. The number of hydrogen-bond donors (Lipinski definition) is 0. The van der Waals surface area contributed by atoms with Gasteiger partial charge in [-0.1, -0.05) is 6.58 Å². The molecule has 0 saturated carbocycles. The first-order chi connectivity index (χ1) is 6.45. The molecule has 0 radical (unpaired) electrons. The van der Waals surface area contributed by atoms with Crippen LogP contribution in [-0.2, 0) is 0 Å². The Balaban J connectivity index is 3.24. The first-order valence-electron chi connectivity index (χ1n) is 4.38. The van der Waals surface area contributed by atoms with Gasteiger partial charge in [0.1, 0.15) is 5.69 Å². The van der Waals surface area contributed by atoms with Crippen molar-refractivity contribution < 1.29 is 4.79 Å². The van der Waals surface area contributed by atoms with Crippen LogP contribution in [0.2, 0.25) is 0 Å². The molecule has 1 aromatic heterocycles. The van der Waals surface area contributed by atoms with Gasteiger partial charge in [0, 0.05) is 6.04 Å². The number of aromatic nitrogens is 2. The molecule has 0 aliphatic heterocycles. The van der Waals surface area contributed by atoms with Crippen LogP contribution in [0.25, 0.3) is 0 Å². The van der Waals surface area contributed by atoms with Gasteiger partial charge in [-0.25, -0.2) is 0 Å². The smallest absolute Gasteiger partial charge is 0.207 e. The van der Waals surface area contributed by atoms with Crippen LogP contribution >= 0.6 is 15.9 Å². The van der Waals surface area contributed by atoms with Crippen LogP contribution in [0.15, 0.2) is 22.8 Å². The number of carbonyl (C=O) groups excluding carboxylic acids is 1. The zero-order chi connectivity index (χ0) is 10.9. The number of rotatable bonds is 3. The third-order valence-corrected chi connectivity index (χ3v) is 2.42. The lowest BCUT2D eigenvalue weighted by atomic mass is 10.1. The predicted octanol–water partition coefficient (Wildman–Crippen LogP) is 2.99. The fourth-order valence-corrected chi connectivity index (χ4v) is 1.60. The van der Waals surface area contributed by atoms with Crippen LogP contribution < -0.4 is 0 Å². The van der Waals surface area contributed by atoms with Crippen LogP contribution in [0.1, 0.15) is 37.3 Å². The normalized spacial score (nSPS) is 10.6. The first kappa shape index (κ1) is 11.2. The highest BCUT2D eigenvalue weighted by Gasteiger charge is 2.18. The summed E-state index contributed by atoms with van der Waals surface area (Å²) < 4.78 is 2.42. The highest BCUT2D eigenvalue weighted by atomic mass is 79.9. The van der Waals surface area contributed by atoms with Crippen LogP contribution in [0.5, 0.6) is 0 Å². The van der Waals surface area contributed by atoms with Crippen molar-refractivity contribution in [3.05, 3.63) is 28.5 Å². The Hall–Kier alpha value is -0.900. The van der Waals surface area contributed by atoms with E-state index in [4.69, 9.17) is 0 Å². The summed E-state index contributed by atoms with van der Waals surface area (Å²) in [5.41, 5.74) is 1.10. The van der Waals surface area contributed by atoms with Crippen molar-refractivity contribution in [2.45, 2.75) is 26.8 Å². The lowest BCUT2D eigenvalue weighted by Gasteiger charge is -2.10. The molecule has 0 spiro atoms. The Morgan fingerprint density at radius 2 is 2.21 bits per heavy atom. The van der Waals surface area contributed by atoms with Crippen LogP contribution in [0.3, 0.4) is 0 Å². The van der Waals surface area contributed by atoms with Gasteiger partial charge in [0.2, 0.25) is 5.78 Å². The van der Waals surface area contributed by atoms with Crippen molar-refractivity contribution in [1.29, 1.82) is 0 Å². The number of nitrogens with zero attached hydrogens (tertiary/aromatic N) is 2. The monoisotopic (exact) mass is 256 g/mol. The minimum Gasteiger partial charge on any atom is -0.287 e. The molecule has 0 bridgehead atoms. The van der Waals surface area contributed by atoms with Crippen LogP contribution in [-0.4, -0.2) is 15.6 Å². The highest BCUT2D eigenvalue weighted by Crippen LogP contribution is 2.21. The molecule has 3 nitrogen and oxygen atoms in total. The fourth-order valence-electron chi connectivity index (χ4n) is 1.15. The summed E-state index contributed by atoms with van der Waals surface area (Å²) in [6, 6.07) is 0.166. The van der Waals surface area contributed by atoms with Gasteiger partial charge in [-0.2, -0.15) is 5.10 Å². The van der Waals surface area contributed by atoms with Crippen molar-refractivity contribution in [1.82, 2.24) is 9.78 Å². The van der Waals surface area contributed by atoms with E-state index in [0.717, 1.165) is 4.47 Å². The van der Waals surface area contributed by atoms with E-state index in [-0.39, 0.29) is 11.8 Å². The molecule has 4 heteroatoms. The number of Topliss-reactive ketones (excluding diaryl/α,β-unsaturated/α-hetero) is 1. The van der Waals surface area contributed by atoms with Gasteiger partial charge in [0.05, 0.1) is 10.7 Å². The van der Waals surface area contributed by atoms with Crippen molar-refractivity contribution in [2.75, 3.05) is 0 Å². The second-order valence-electron chi connectivity index (χ2n) is 3.49. The predicted molar refractivity (Wildman–Crippen MR) is 59.5 cm³/mol. The van der Waals surface area contributed by atoms with Gasteiger partial charge in [-0.05, 0) is 42.3 Å². The fraction of sp³-hybridized carbons (Fsp3) is 0.400. The summed E-state index contributed by atoms with van der Waals surface area (Å²) in [4.78, 5) is 11.8. The van der Waals surface area contributed by atoms with Crippen LogP contribution in [0, 0.1) is 0 Å². The Kier molecular flexibility index (Phi) is 3.26. The summed E-state index contributed by atoms with van der Waals surface area (Å²) in [5, 5.41) is 4.13. The number of halogens is 1. The van der Waals surface area contributed by atoms with Gasteiger partial charge in [0.25, 0.3) is 0 Å². The Bertz CT molecular complexity index is 379. The van der Waals surface area contributed by atoms with Gasteiger partial charge < -0.3 is 0 Å². The number of ketones is 1. The molecule has 0 N–H and O–H groups in total. The van der Waals surface area contributed by atoms with Gasteiger partial charge in [-0.3, -0.25) is 9.48 Å². The quantitative estimate of drug-likeness (QED) is 0.616. The maximum absolute atomic E-state index is 11.8. The molecule has 76 valence electrons. The standard InChI is InChI=1S/C10H13BrN2O/c1-6(2)10(14)9-8(11)5-12-13(9)7(3)4/h5,7H,1H2,2-4H3. The number of carbonyl (C=O) groups is 1. The molecule has 1 heterocycles. The van der Waals surface area contributed by atoms with E-state index in [9.17, 15) is 4.79 Å².